The van der Waals surface area contributed by atoms with Crippen LogP contribution in [0.5, 0.6) is 5.88 Å². The van der Waals surface area contributed by atoms with Gasteiger partial charge in [0.1, 0.15) is 0 Å². The van der Waals surface area contributed by atoms with Crippen molar-refractivity contribution in [3.8, 4) is 5.88 Å². The van der Waals surface area contributed by atoms with Gasteiger partial charge in [-0.05, 0) is 30.3 Å². The van der Waals surface area contributed by atoms with Crippen LogP contribution in [0.4, 0.5) is 11.4 Å². The zero-order chi connectivity index (χ0) is 19.6. The number of amides is 1. The maximum atomic E-state index is 12.4. The number of nitrogens with one attached hydrogen (secondary N) is 1. The first kappa shape index (κ1) is 18.6. The number of rotatable bonds is 5. The smallest absolute Gasteiger partial charge is 0.295 e. The quantitative estimate of drug-likeness (QED) is 0.681. The van der Waals surface area contributed by atoms with Gasteiger partial charge in [0, 0.05) is 30.7 Å². The molecule has 27 heavy (non-hydrogen) atoms. The van der Waals surface area contributed by atoms with Crippen LogP contribution in [0, 0.1) is 0 Å². The Bertz CT molecular complexity index is 988. The lowest BCUT2D eigenvalue weighted by atomic mass is 10.2. The van der Waals surface area contributed by atoms with E-state index in [4.69, 9.17) is 0 Å². The van der Waals surface area contributed by atoms with E-state index in [9.17, 15) is 9.90 Å². The summed E-state index contributed by atoms with van der Waals surface area (Å²) in [6.45, 7) is 0.571. The molecule has 0 fully saturated rings. The number of quaternary nitrogens is 1. The number of nitrogens with zero attached hydrogens (tertiary/aromatic N) is 4. The lowest BCUT2D eigenvalue weighted by Gasteiger charge is -2.11. The maximum absolute atomic E-state index is 12.4. The highest BCUT2D eigenvalue weighted by Gasteiger charge is 2.18. The molecule has 2 aromatic carbocycles. The highest BCUT2D eigenvalue weighted by Crippen LogP contribution is 2.38. The van der Waals surface area contributed by atoms with Crippen molar-refractivity contribution in [2.24, 2.45) is 10.2 Å². The standard InChI is InChI=1S/C20H23N5O2/c1-23(2)13-25-17-8-6-5-7-16(17)18(20(25)27)21-22-19(26)14-9-11-15(12-10-14)24(3)4/h5-12,27H,13H2,1-4H3/p+1. The van der Waals surface area contributed by atoms with Crippen molar-refractivity contribution in [1.29, 1.82) is 0 Å². The van der Waals surface area contributed by atoms with Crippen molar-refractivity contribution in [3.05, 3.63) is 54.1 Å². The summed E-state index contributed by atoms with van der Waals surface area (Å²) in [5.74, 6) is -0.438. The number of para-hydroxylation sites is 1. The third-order valence-electron chi connectivity index (χ3n) is 4.26. The zero-order valence-corrected chi connectivity index (χ0v) is 16.0. The van der Waals surface area contributed by atoms with Gasteiger partial charge in [0.25, 0.3) is 5.91 Å². The molecule has 7 nitrogen and oxygen atoms in total. The molecule has 3 aromatic rings. The van der Waals surface area contributed by atoms with Gasteiger partial charge in [-0.15, -0.1) is 10.2 Å². The Labute approximate surface area is 158 Å². The lowest BCUT2D eigenvalue weighted by molar-refractivity contribution is -0.882. The van der Waals surface area contributed by atoms with Crippen molar-refractivity contribution in [3.63, 3.8) is 0 Å². The normalized spacial score (nSPS) is 11.6. The van der Waals surface area contributed by atoms with E-state index in [0.29, 0.717) is 17.9 Å². The number of benzene rings is 2. The molecule has 1 amide bonds. The largest absolute Gasteiger partial charge is 0.493 e. The summed E-state index contributed by atoms with van der Waals surface area (Å²) in [4.78, 5) is 15.5. The van der Waals surface area contributed by atoms with Gasteiger partial charge in [-0.1, -0.05) is 18.2 Å². The summed E-state index contributed by atoms with van der Waals surface area (Å²) in [6, 6.07) is 14.7. The maximum Gasteiger partial charge on any atom is 0.295 e. The highest BCUT2D eigenvalue weighted by molar-refractivity contribution is 5.97. The molecule has 0 aliphatic carbocycles. The molecule has 0 saturated carbocycles. The van der Waals surface area contributed by atoms with Crippen molar-refractivity contribution in [2.75, 3.05) is 33.1 Å². The molecule has 0 atom stereocenters. The Morgan fingerprint density at radius 3 is 2.41 bits per heavy atom. The van der Waals surface area contributed by atoms with E-state index in [1.807, 2.05) is 69.5 Å². The molecule has 0 radical (unpaired) electrons. The van der Waals surface area contributed by atoms with Crippen LogP contribution in [0.15, 0.2) is 58.8 Å². The Morgan fingerprint density at radius 1 is 1.11 bits per heavy atom. The van der Waals surface area contributed by atoms with Gasteiger partial charge in [0.2, 0.25) is 5.88 Å². The van der Waals surface area contributed by atoms with E-state index in [0.717, 1.165) is 21.5 Å². The predicted molar refractivity (Wildman–Crippen MR) is 106 cm³/mol. The van der Waals surface area contributed by atoms with Gasteiger partial charge in [-0.2, -0.15) is 0 Å². The van der Waals surface area contributed by atoms with Gasteiger partial charge >= 0.3 is 0 Å². The first-order valence-corrected chi connectivity index (χ1v) is 8.71. The third kappa shape index (κ3) is 3.83. The van der Waals surface area contributed by atoms with Crippen molar-refractivity contribution < 1.29 is 14.8 Å². The summed E-state index contributed by atoms with van der Waals surface area (Å²) >= 11 is 0. The number of carbonyl (C=O) groups excluding carboxylic acids is 1. The van der Waals surface area contributed by atoms with E-state index < -0.39 is 5.91 Å². The number of fused-ring (bicyclic) bond motifs is 1. The molecular formula is C20H24N5O2+. The van der Waals surface area contributed by atoms with E-state index in [2.05, 4.69) is 10.2 Å². The van der Waals surface area contributed by atoms with E-state index in [-0.39, 0.29) is 5.88 Å². The highest BCUT2D eigenvalue weighted by atomic mass is 16.3. The lowest BCUT2D eigenvalue weighted by Crippen LogP contribution is -3.04. The monoisotopic (exact) mass is 366 g/mol. The Balaban J connectivity index is 1.93. The number of carbonyl (C=O) groups is 1. The summed E-state index contributed by atoms with van der Waals surface area (Å²) in [5.41, 5.74) is 2.61. The van der Waals surface area contributed by atoms with Crippen molar-refractivity contribution in [2.45, 2.75) is 6.67 Å². The molecule has 0 spiro atoms. The number of aromatic nitrogens is 1. The number of anilines is 1. The number of hydrogen-bond donors (Lipinski definition) is 2. The SMILES string of the molecule is CN(C)c1ccc(C(=O)N=Nc2c(O)n(C[NH+](C)C)c3ccccc23)cc1. The van der Waals surface area contributed by atoms with Crippen LogP contribution in [0.2, 0.25) is 0 Å². The van der Waals surface area contributed by atoms with Gasteiger partial charge < -0.3 is 14.9 Å². The molecule has 2 N–H and O–H groups in total. The van der Waals surface area contributed by atoms with Crippen LogP contribution >= 0.6 is 0 Å². The molecule has 0 aliphatic rings. The van der Waals surface area contributed by atoms with Crippen LogP contribution in [0.1, 0.15) is 10.4 Å². The van der Waals surface area contributed by atoms with Crippen LogP contribution in [0.25, 0.3) is 10.9 Å². The van der Waals surface area contributed by atoms with Gasteiger partial charge in [-0.25, -0.2) is 0 Å². The Kier molecular flexibility index (Phi) is 5.23. The summed E-state index contributed by atoms with van der Waals surface area (Å²) < 4.78 is 1.77. The summed E-state index contributed by atoms with van der Waals surface area (Å²) in [7, 11) is 7.86. The molecule has 0 saturated heterocycles. The third-order valence-corrected chi connectivity index (χ3v) is 4.26. The van der Waals surface area contributed by atoms with E-state index in [1.54, 1.807) is 16.7 Å². The fraction of sp³-hybridized carbons (Fsp3) is 0.250. The number of aromatic hydroxyl groups is 1. The van der Waals surface area contributed by atoms with Gasteiger partial charge in [-0.3, -0.25) is 9.36 Å². The van der Waals surface area contributed by atoms with Gasteiger partial charge in [0.15, 0.2) is 12.4 Å². The van der Waals surface area contributed by atoms with E-state index in [1.165, 1.54) is 0 Å². The number of azo groups is 1. The first-order valence-electron chi connectivity index (χ1n) is 8.71. The van der Waals surface area contributed by atoms with Crippen molar-refractivity contribution in [1.82, 2.24) is 4.57 Å². The Morgan fingerprint density at radius 2 is 1.78 bits per heavy atom. The van der Waals surface area contributed by atoms with Crippen LogP contribution in [-0.4, -0.2) is 43.8 Å². The minimum absolute atomic E-state index is 0.0110. The summed E-state index contributed by atoms with van der Waals surface area (Å²) in [5, 5.41) is 19.3. The minimum Gasteiger partial charge on any atom is -0.493 e. The second-order valence-electron chi connectivity index (χ2n) is 6.93. The molecular weight excluding hydrogens is 342 g/mol. The van der Waals surface area contributed by atoms with E-state index >= 15 is 0 Å². The topological polar surface area (TPSA) is 74.6 Å². The molecule has 1 heterocycles. The average molecular weight is 366 g/mol. The van der Waals surface area contributed by atoms with Crippen LogP contribution in [0.3, 0.4) is 0 Å². The predicted octanol–water partition coefficient (Wildman–Crippen LogP) is 2.44. The molecule has 0 aliphatic heterocycles. The average Bonchev–Trinajstić information content (AvgIpc) is 2.91. The first-order chi connectivity index (χ1) is 12.9. The zero-order valence-electron chi connectivity index (χ0n) is 16.0. The molecule has 3 rings (SSSR count). The van der Waals surface area contributed by atoms with Crippen molar-refractivity contribution >= 4 is 28.2 Å². The molecule has 140 valence electrons. The fourth-order valence-corrected chi connectivity index (χ4v) is 2.90. The van der Waals surface area contributed by atoms with Crippen LogP contribution < -0.4 is 9.80 Å². The Hall–Kier alpha value is -3.19. The second-order valence-corrected chi connectivity index (χ2v) is 6.93. The number of hydrogen-bond acceptors (Lipinski definition) is 4. The summed E-state index contributed by atoms with van der Waals surface area (Å²) in [6.07, 6.45) is 0. The fourth-order valence-electron chi connectivity index (χ4n) is 2.90. The molecule has 0 bridgehead atoms. The van der Waals surface area contributed by atoms with Gasteiger partial charge in [0.05, 0.1) is 19.6 Å². The molecule has 0 unspecified atom stereocenters. The minimum atomic E-state index is -0.449. The molecule has 1 aromatic heterocycles. The molecule has 7 heteroatoms. The second kappa shape index (κ2) is 7.59. The van der Waals surface area contributed by atoms with Crippen LogP contribution in [-0.2, 0) is 6.67 Å².